The van der Waals surface area contributed by atoms with Crippen LogP contribution in [0.1, 0.15) is 56.3 Å². The lowest BCUT2D eigenvalue weighted by Gasteiger charge is -2.19. The molecule has 234 valence electrons. The molecule has 9 aromatic rings. The topological polar surface area (TPSA) is 9.86 Å². The summed E-state index contributed by atoms with van der Waals surface area (Å²) in [5.41, 5.74) is 13.0. The molecule has 2 aromatic heterocycles. The molecule has 9 rings (SSSR count). The quantitative estimate of drug-likeness (QED) is 0.185. The summed E-state index contributed by atoms with van der Waals surface area (Å²) in [6.07, 6.45) is 0. The van der Waals surface area contributed by atoms with E-state index in [0.717, 1.165) is 0 Å². The van der Waals surface area contributed by atoms with Crippen LogP contribution in [0.3, 0.4) is 0 Å². The minimum absolute atomic E-state index is 0.291. The van der Waals surface area contributed by atoms with Crippen molar-refractivity contribution in [2.75, 3.05) is 0 Å². The van der Waals surface area contributed by atoms with E-state index in [1.807, 2.05) is 0 Å². The average Bonchev–Trinajstić information content (AvgIpc) is 3.62. The van der Waals surface area contributed by atoms with Gasteiger partial charge in [-0.05, 0) is 102 Å². The number of para-hydroxylation sites is 2. The van der Waals surface area contributed by atoms with Crippen molar-refractivity contribution in [1.29, 1.82) is 0 Å². The molecule has 0 aliphatic rings. The first kappa shape index (κ1) is 28.8. The second-order valence-electron chi connectivity index (χ2n) is 14.2. The van der Waals surface area contributed by atoms with Gasteiger partial charge in [-0.1, -0.05) is 111 Å². The van der Waals surface area contributed by atoms with Crippen LogP contribution in [0.5, 0.6) is 0 Å². The molecule has 2 heteroatoms. The zero-order valence-electron chi connectivity index (χ0n) is 28.6. The predicted octanol–water partition coefficient (Wildman–Crippen LogP) is 13.2. The van der Waals surface area contributed by atoms with Crippen LogP contribution in [0.4, 0.5) is 0 Å². The first-order valence-corrected chi connectivity index (χ1v) is 17.3. The van der Waals surface area contributed by atoms with Crippen molar-refractivity contribution >= 4 is 65.2 Å². The molecule has 0 spiro atoms. The van der Waals surface area contributed by atoms with Crippen LogP contribution < -0.4 is 0 Å². The van der Waals surface area contributed by atoms with Crippen LogP contribution in [0.15, 0.2) is 121 Å². The highest BCUT2D eigenvalue weighted by atomic mass is 15.0. The summed E-state index contributed by atoms with van der Waals surface area (Å²) in [5, 5.41) is 10.4. The van der Waals surface area contributed by atoms with Crippen LogP contribution in [0.2, 0.25) is 0 Å². The minimum Gasteiger partial charge on any atom is -0.337 e. The Bertz CT molecular complexity index is 2750. The van der Waals surface area contributed by atoms with E-state index in [0.29, 0.717) is 12.0 Å². The van der Waals surface area contributed by atoms with Gasteiger partial charge in [0.05, 0.1) is 16.6 Å². The summed E-state index contributed by atoms with van der Waals surface area (Å²) in [6.45, 7) is 13.8. The SMILES string of the molecule is Cc1cc(-n2c3ccccc3c3c4ccccc4c(-c4cccc5c6c7ccccc7ccc6n(C(C)C)c45)cc32)c(C)cc1C(C)C. The molecule has 0 N–H and O–H groups in total. The van der Waals surface area contributed by atoms with Gasteiger partial charge in [-0.3, -0.25) is 0 Å². The van der Waals surface area contributed by atoms with Crippen LogP contribution >= 0.6 is 0 Å². The molecular formula is C46H40N2. The van der Waals surface area contributed by atoms with E-state index in [4.69, 9.17) is 0 Å². The van der Waals surface area contributed by atoms with Crippen molar-refractivity contribution in [3.05, 3.63) is 138 Å². The number of nitrogens with zero attached hydrogens (tertiary/aromatic N) is 2. The first-order valence-electron chi connectivity index (χ1n) is 17.3. The molecule has 2 heterocycles. The second kappa shape index (κ2) is 10.6. The Morgan fingerprint density at radius 2 is 1.15 bits per heavy atom. The Morgan fingerprint density at radius 3 is 1.92 bits per heavy atom. The monoisotopic (exact) mass is 620 g/mol. The average molecular weight is 621 g/mol. The maximum absolute atomic E-state index is 2.57. The second-order valence-corrected chi connectivity index (χ2v) is 14.2. The maximum atomic E-state index is 2.57. The molecule has 7 aromatic carbocycles. The Kier molecular flexibility index (Phi) is 6.36. The molecule has 0 saturated heterocycles. The Morgan fingerprint density at radius 1 is 0.479 bits per heavy atom. The van der Waals surface area contributed by atoms with E-state index in [1.54, 1.807) is 0 Å². The maximum Gasteiger partial charge on any atom is 0.0573 e. The van der Waals surface area contributed by atoms with E-state index in [2.05, 4.69) is 172 Å². The van der Waals surface area contributed by atoms with E-state index >= 15 is 0 Å². The lowest BCUT2D eigenvalue weighted by atomic mass is 9.93. The fraction of sp³-hybridized carbons (Fsp3) is 0.174. The molecule has 2 nitrogen and oxygen atoms in total. The largest absolute Gasteiger partial charge is 0.337 e. The summed E-state index contributed by atoms with van der Waals surface area (Å²) in [4.78, 5) is 0. The van der Waals surface area contributed by atoms with Crippen molar-refractivity contribution in [3.63, 3.8) is 0 Å². The predicted molar refractivity (Wildman–Crippen MR) is 208 cm³/mol. The van der Waals surface area contributed by atoms with Crippen LogP contribution in [0.25, 0.3) is 82.0 Å². The lowest BCUT2D eigenvalue weighted by molar-refractivity contribution is 0.643. The molecule has 0 aliphatic carbocycles. The van der Waals surface area contributed by atoms with E-state index in [-0.39, 0.29) is 0 Å². The fourth-order valence-electron chi connectivity index (χ4n) is 8.62. The van der Waals surface area contributed by atoms with E-state index < -0.39 is 0 Å². The Hall–Kier alpha value is -5.34. The van der Waals surface area contributed by atoms with Gasteiger partial charge in [0, 0.05) is 44.4 Å². The molecule has 0 bridgehead atoms. The third kappa shape index (κ3) is 3.99. The smallest absolute Gasteiger partial charge is 0.0573 e. The number of aromatic nitrogens is 2. The number of fused-ring (bicyclic) bond motifs is 10. The number of hydrogen-bond acceptors (Lipinski definition) is 0. The molecular weight excluding hydrogens is 581 g/mol. The van der Waals surface area contributed by atoms with Crippen LogP contribution in [-0.2, 0) is 0 Å². The summed E-state index contributed by atoms with van der Waals surface area (Å²) < 4.78 is 5.10. The number of benzene rings is 7. The van der Waals surface area contributed by atoms with Gasteiger partial charge in [0.15, 0.2) is 0 Å². The molecule has 0 aliphatic heterocycles. The summed E-state index contributed by atoms with van der Waals surface area (Å²) >= 11 is 0. The minimum atomic E-state index is 0.291. The van der Waals surface area contributed by atoms with Crippen LogP contribution in [0, 0.1) is 13.8 Å². The molecule has 0 fully saturated rings. The molecule has 0 saturated carbocycles. The van der Waals surface area contributed by atoms with Gasteiger partial charge < -0.3 is 9.13 Å². The summed E-state index contributed by atoms with van der Waals surface area (Å²) in [5.74, 6) is 0.483. The van der Waals surface area contributed by atoms with Gasteiger partial charge in [-0.25, -0.2) is 0 Å². The van der Waals surface area contributed by atoms with Crippen molar-refractivity contribution in [2.24, 2.45) is 0 Å². The van der Waals surface area contributed by atoms with Gasteiger partial charge in [0.2, 0.25) is 0 Å². The zero-order chi connectivity index (χ0) is 32.8. The normalized spacial score (nSPS) is 12.3. The van der Waals surface area contributed by atoms with Crippen LogP contribution in [-0.4, -0.2) is 9.13 Å². The van der Waals surface area contributed by atoms with Gasteiger partial charge in [-0.15, -0.1) is 0 Å². The Labute approximate surface area is 281 Å². The number of aryl methyl sites for hydroxylation is 2. The highest BCUT2D eigenvalue weighted by molar-refractivity contribution is 6.27. The molecule has 0 amide bonds. The van der Waals surface area contributed by atoms with Crippen molar-refractivity contribution < 1.29 is 0 Å². The number of rotatable bonds is 4. The van der Waals surface area contributed by atoms with Gasteiger partial charge in [0.25, 0.3) is 0 Å². The number of hydrogen-bond donors (Lipinski definition) is 0. The van der Waals surface area contributed by atoms with E-state index in [1.165, 1.54) is 98.7 Å². The van der Waals surface area contributed by atoms with Crippen molar-refractivity contribution in [2.45, 2.75) is 53.5 Å². The highest BCUT2D eigenvalue weighted by Crippen LogP contribution is 2.46. The Balaban J connectivity index is 1.46. The lowest BCUT2D eigenvalue weighted by Crippen LogP contribution is -2.02. The standard InChI is InChI=1S/C46H40N2/c1-27(2)38-24-30(6)42(25-29(38)5)48-40-21-12-11-18-36(40)45-34-17-10-9-16-33(34)39(26-43(45)48)35-19-13-20-37-44-32-15-8-7-14-31(32)22-23-41(44)47(28(3)4)46(35)37/h7-28H,1-6H3. The first-order chi connectivity index (χ1) is 23.3. The van der Waals surface area contributed by atoms with Gasteiger partial charge in [0.1, 0.15) is 0 Å². The molecule has 0 radical (unpaired) electrons. The third-order valence-electron chi connectivity index (χ3n) is 10.6. The molecule has 0 unspecified atom stereocenters. The summed E-state index contributed by atoms with van der Waals surface area (Å²) in [6, 6.07) is 45.9. The molecule has 48 heavy (non-hydrogen) atoms. The van der Waals surface area contributed by atoms with Gasteiger partial charge >= 0.3 is 0 Å². The van der Waals surface area contributed by atoms with E-state index in [9.17, 15) is 0 Å². The third-order valence-corrected chi connectivity index (χ3v) is 10.6. The van der Waals surface area contributed by atoms with Gasteiger partial charge in [-0.2, -0.15) is 0 Å². The molecule has 0 atom stereocenters. The van der Waals surface area contributed by atoms with Crippen molar-refractivity contribution in [1.82, 2.24) is 9.13 Å². The fourth-order valence-corrected chi connectivity index (χ4v) is 8.62. The summed E-state index contributed by atoms with van der Waals surface area (Å²) in [7, 11) is 0. The highest BCUT2D eigenvalue weighted by Gasteiger charge is 2.23. The zero-order valence-corrected chi connectivity index (χ0v) is 28.6. The van der Waals surface area contributed by atoms with Crippen molar-refractivity contribution in [3.8, 4) is 16.8 Å².